The van der Waals surface area contributed by atoms with Gasteiger partial charge in [-0.15, -0.1) is 0 Å². The highest BCUT2D eigenvalue weighted by atomic mass is 16.5. The van der Waals surface area contributed by atoms with Gasteiger partial charge in [0.05, 0.1) is 12.2 Å². The Morgan fingerprint density at radius 1 is 1.19 bits per heavy atom. The van der Waals surface area contributed by atoms with Crippen molar-refractivity contribution in [2.24, 2.45) is 0 Å². The van der Waals surface area contributed by atoms with Crippen molar-refractivity contribution in [3.63, 3.8) is 0 Å². The maximum atomic E-state index is 12.2. The molecule has 0 aromatic heterocycles. The SMILES string of the molecule is CCOC(=O)c1ccc2c(c1)/C(=C/CCN(C)C)c1ccccc1CO2. The van der Waals surface area contributed by atoms with Crippen LogP contribution in [0.3, 0.4) is 0 Å². The normalized spacial score (nSPS) is 14.4. The van der Waals surface area contributed by atoms with E-state index in [1.807, 2.05) is 31.2 Å². The zero-order chi connectivity index (χ0) is 18.5. The monoisotopic (exact) mass is 351 g/mol. The van der Waals surface area contributed by atoms with Crippen molar-refractivity contribution in [1.29, 1.82) is 0 Å². The molecule has 0 N–H and O–H groups in total. The summed E-state index contributed by atoms with van der Waals surface area (Å²) in [5, 5.41) is 0. The summed E-state index contributed by atoms with van der Waals surface area (Å²) in [7, 11) is 4.13. The minimum Gasteiger partial charge on any atom is -0.488 e. The molecule has 2 aromatic carbocycles. The second-order valence-corrected chi connectivity index (χ2v) is 6.59. The van der Waals surface area contributed by atoms with Crippen LogP contribution in [0, 0.1) is 0 Å². The van der Waals surface area contributed by atoms with Crippen molar-refractivity contribution in [2.45, 2.75) is 20.0 Å². The Balaban J connectivity index is 2.08. The van der Waals surface area contributed by atoms with Crippen LogP contribution in [0.1, 0.15) is 40.4 Å². The molecule has 0 bridgehead atoms. The third kappa shape index (κ3) is 3.97. The van der Waals surface area contributed by atoms with Gasteiger partial charge < -0.3 is 14.4 Å². The smallest absolute Gasteiger partial charge is 0.338 e. The van der Waals surface area contributed by atoms with Gasteiger partial charge in [-0.1, -0.05) is 30.3 Å². The average molecular weight is 351 g/mol. The summed E-state index contributed by atoms with van der Waals surface area (Å²) in [5.41, 5.74) is 4.91. The Labute approximate surface area is 155 Å². The Morgan fingerprint density at radius 3 is 2.77 bits per heavy atom. The van der Waals surface area contributed by atoms with Gasteiger partial charge in [-0.3, -0.25) is 0 Å². The highest BCUT2D eigenvalue weighted by molar-refractivity contribution is 5.93. The predicted octanol–water partition coefficient (Wildman–Crippen LogP) is 4.14. The van der Waals surface area contributed by atoms with Crippen LogP contribution in [-0.4, -0.2) is 38.1 Å². The largest absolute Gasteiger partial charge is 0.488 e. The van der Waals surface area contributed by atoms with Crippen LogP contribution < -0.4 is 4.74 Å². The van der Waals surface area contributed by atoms with Gasteiger partial charge in [0, 0.05) is 12.1 Å². The van der Waals surface area contributed by atoms with E-state index >= 15 is 0 Å². The van der Waals surface area contributed by atoms with Crippen molar-refractivity contribution < 1.29 is 14.3 Å². The summed E-state index contributed by atoms with van der Waals surface area (Å²) >= 11 is 0. The van der Waals surface area contributed by atoms with Crippen molar-refractivity contribution >= 4 is 11.5 Å². The molecule has 4 nitrogen and oxygen atoms in total. The van der Waals surface area contributed by atoms with E-state index in [0.29, 0.717) is 18.8 Å². The summed E-state index contributed by atoms with van der Waals surface area (Å²) in [6.45, 7) is 3.65. The quantitative estimate of drug-likeness (QED) is 0.759. The number of benzene rings is 2. The van der Waals surface area contributed by atoms with E-state index in [4.69, 9.17) is 9.47 Å². The maximum Gasteiger partial charge on any atom is 0.338 e. The van der Waals surface area contributed by atoms with Gasteiger partial charge in [0.15, 0.2) is 0 Å². The molecule has 26 heavy (non-hydrogen) atoms. The van der Waals surface area contributed by atoms with E-state index in [9.17, 15) is 4.79 Å². The summed E-state index contributed by atoms with van der Waals surface area (Å²) in [6.07, 6.45) is 3.15. The fraction of sp³-hybridized carbons (Fsp3) is 0.318. The topological polar surface area (TPSA) is 38.8 Å². The molecular weight excluding hydrogens is 326 g/mol. The number of esters is 1. The Bertz CT molecular complexity index is 824. The fourth-order valence-corrected chi connectivity index (χ4v) is 3.10. The first-order valence-corrected chi connectivity index (χ1v) is 8.97. The maximum absolute atomic E-state index is 12.2. The van der Waals surface area contributed by atoms with Crippen LogP contribution >= 0.6 is 0 Å². The van der Waals surface area contributed by atoms with Crippen LogP contribution in [0.2, 0.25) is 0 Å². The number of rotatable bonds is 5. The molecular formula is C22H25NO3. The van der Waals surface area contributed by atoms with E-state index in [2.05, 4.69) is 37.2 Å². The van der Waals surface area contributed by atoms with Gasteiger partial charge in [0.1, 0.15) is 12.4 Å². The minimum atomic E-state index is -0.305. The Hall–Kier alpha value is -2.59. The summed E-state index contributed by atoms with van der Waals surface area (Å²) in [6, 6.07) is 13.8. The highest BCUT2D eigenvalue weighted by Crippen LogP contribution is 2.37. The molecule has 0 aliphatic carbocycles. The molecule has 0 fully saturated rings. The molecule has 2 aromatic rings. The molecule has 1 heterocycles. The second-order valence-electron chi connectivity index (χ2n) is 6.59. The lowest BCUT2D eigenvalue weighted by molar-refractivity contribution is 0.0526. The summed E-state index contributed by atoms with van der Waals surface area (Å²) in [4.78, 5) is 14.3. The van der Waals surface area contributed by atoms with E-state index in [1.165, 1.54) is 0 Å². The van der Waals surface area contributed by atoms with Crippen molar-refractivity contribution in [3.8, 4) is 5.75 Å². The van der Waals surface area contributed by atoms with Gasteiger partial charge in [0.2, 0.25) is 0 Å². The number of nitrogens with zero attached hydrogens (tertiary/aromatic N) is 1. The summed E-state index contributed by atoms with van der Waals surface area (Å²) < 4.78 is 11.2. The molecule has 0 amide bonds. The number of fused-ring (bicyclic) bond motifs is 2. The number of carbonyl (C=O) groups excluding carboxylic acids is 1. The lowest BCUT2D eigenvalue weighted by Crippen LogP contribution is -2.12. The van der Waals surface area contributed by atoms with E-state index < -0.39 is 0 Å². The van der Waals surface area contributed by atoms with Crippen molar-refractivity contribution in [2.75, 3.05) is 27.2 Å². The summed E-state index contributed by atoms with van der Waals surface area (Å²) in [5.74, 6) is 0.492. The predicted molar refractivity (Wildman–Crippen MR) is 103 cm³/mol. The molecule has 0 spiro atoms. The Kier molecular flexibility index (Phi) is 5.74. The molecule has 0 saturated carbocycles. The number of carbonyl (C=O) groups is 1. The first-order valence-electron chi connectivity index (χ1n) is 8.97. The molecule has 0 unspecified atom stereocenters. The molecule has 0 radical (unpaired) electrons. The average Bonchev–Trinajstić information content (AvgIpc) is 2.79. The third-order valence-electron chi connectivity index (χ3n) is 4.40. The van der Waals surface area contributed by atoms with E-state index in [0.717, 1.165) is 41.0 Å². The van der Waals surface area contributed by atoms with Crippen LogP contribution in [0.25, 0.3) is 5.57 Å². The van der Waals surface area contributed by atoms with E-state index in [1.54, 1.807) is 6.07 Å². The van der Waals surface area contributed by atoms with Gasteiger partial charge in [-0.25, -0.2) is 4.79 Å². The van der Waals surface area contributed by atoms with Gasteiger partial charge in [0.25, 0.3) is 0 Å². The first kappa shape index (κ1) is 18.2. The highest BCUT2D eigenvalue weighted by Gasteiger charge is 2.20. The van der Waals surface area contributed by atoms with Gasteiger partial charge in [-0.2, -0.15) is 0 Å². The van der Waals surface area contributed by atoms with Crippen LogP contribution in [0.15, 0.2) is 48.5 Å². The molecule has 136 valence electrons. The lowest BCUT2D eigenvalue weighted by Gasteiger charge is -2.13. The molecule has 1 aliphatic rings. The molecule has 0 atom stereocenters. The number of hydrogen-bond acceptors (Lipinski definition) is 4. The lowest BCUT2D eigenvalue weighted by atomic mass is 9.92. The molecule has 0 saturated heterocycles. The molecule has 3 rings (SSSR count). The third-order valence-corrected chi connectivity index (χ3v) is 4.40. The van der Waals surface area contributed by atoms with Gasteiger partial charge in [-0.05, 0) is 62.3 Å². The van der Waals surface area contributed by atoms with Crippen LogP contribution in [0.5, 0.6) is 5.75 Å². The minimum absolute atomic E-state index is 0.305. The Morgan fingerprint density at radius 2 is 2.00 bits per heavy atom. The zero-order valence-electron chi connectivity index (χ0n) is 15.6. The van der Waals surface area contributed by atoms with Crippen molar-refractivity contribution in [1.82, 2.24) is 4.90 Å². The van der Waals surface area contributed by atoms with Gasteiger partial charge >= 0.3 is 5.97 Å². The first-order chi connectivity index (χ1) is 12.6. The molecule has 4 heteroatoms. The van der Waals surface area contributed by atoms with Crippen LogP contribution in [-0.2, 0) is 11.3 Å². The van der Waals surface area contributed by atoms with E-state index in [-0.39, 0.29) is 5.97 Å². The van der Waals surface area contributed by atoms with Crippen LogP contribution in [0.4, 0.5) is 0 Å². The zero-order valence-corrected chi connectivity index (χ0v) is 15.6. The fourth-order valence-electron chi connectivity index (χ4n) is 3.10. The van der Waals surface area contributed by atoms with Crippen molar-refractivity contribution in [3.05, 3.63) is 70.8 Å². The second kappa shape index (κ2) is 8.19. The molecule has 1 aliphatic heterocycles. The standard InChI is InChI=1S/C22H25NO3/c1-4-25-22(24)16-11-12-21-20(14-16)19(10-7-13-23(2)3)18-9-6-5-8-17(18)15-26-21/h5-6,8-12,14H,4,7,13,15H2,1-3H3/b19-10+. The number of ether oxygens (including phenoxy) is 2. The number of hydrogen-bond donors (Lipinski definition) is 0.